The van der Waals surface area contributed by atoms with Gasteiger partial charge in [0.1, 0.15) is 11.3 Å². The molecular weight excluding hydrogens is 268 g/mol. The van der Waals surface area contributed by atoms with Crippen LogP contribution in [0.15, 0.2) is 30.3 Å². The second-order valence-corrected chi connectivity index (χ2v) is 4.70. The first-order valence-corrected chi connectivity index (χ1v) is 7.17. The van der Waals surface area contributed by atoms with Gasteiger partial charge in [0, 0.05) is 18.5 Å². The molecule has 5 nitrogen and oxygen atoms in total. The number of hydrogen-bond acceptors (Lipinski definition) is 5. The average molecular weight is 290 g/mol. The predicted octanol–water partition coefficient (Wildman–Crippen LogP) is 1.73. The van der Waals surface area contributed by atoms with Crippen LogP contribution in [0.25, 0.3) is 10.9 Å². The first-order valence-electron chi connectivity index (χ1n) is 7.17. The second kappa shape index (κ2) is 8.56. The molecule has 0 radical (unpaired) electrons. The maximum Gasteiger partial charge on any atom is 0.145 e. The summed E-state index contributed by atoms with van der Waals surface area (Å²) in [5.41, 5.74) is 1.88. The summed E-state index contributed by atoms with van der Waals surface area (Å²) in [6.07, 6.45) is 0.914. The van der Waals surface area contributed by atoms with Gasteiger partial charge in [0.05, 0.1) is 26.0 Å². The first kappa shape index (κ1) is 15.7. The van der Waals surface area contributed by atoms with Crippen LogP contribution in [0.1, 0.15) is 12.1 Å². The molecule has 2 N–H and O–H groups in total. The number of aliphatic hydroxyl groups excluding tert-OH is 1. The van der Waals surface area contributed by atoms with Crippen LogP contribution in [0.3, 0.4) is 0 Å². The third-order valence-electron chi connectivity index (χ3n) is 3.14. The fourth-order valence-electron chi connectivity index (χ4n) is 2.11. The fraction of sp³-hybridized carbons (Fsp3) is 0.438. The molecular formula is C16H22N2O3. The van der Waals surface area contributed by atoms with Crippen molar-refractivity contribution in [3.8, 4) is 5.75 Å². The highest BCUT2D eigenvalue weighted by Gasteiger charge is 2.03. The minimum atomic E-state index is 0.0796. The van der Waals surface area contributed by atoms with Gasteiger partial charge < -0.3 is 19.9 Å². The fourth-order valence-corrected chi connectivity index (χ4v) is 2.11. The Labute approximate surface area is 124 Å². The lowest BCUT2D eigenvalue weighted by atomic mass is 10.2. The van der Waals surface area contributed by atoms with Gasteiger partial charge in [0.15, 0.2) is 0 Å². The highest BCUT2D eigenvalue weighted by Crippen LogP contribution is 2.23. The Hall–Kier alpha value is -1.69. The van der Waals surface area contributed by atoms with Crippen LogP contribution in [-0.4, -0.2) is 43.6 Å². The maximum absolute atomic E-state index is 8.59. The van der Waals surface area contributed by atoms with Crippen molar-refractivity contribution in [1.82, 2.24) is 10.3 Å². The van der Waals surface area contributed by atoms with E-state index in [2.05, 4.69) is 16.4 Å². The van der Waals surface area contributed by atoms with Crippen molar-refractivity contribution >= 4 is 10.9 Å². The minimum absolute atomic E-state index is 0.0796. The standard InChI is InChI=1S/C16H22N2O3/c1-20-15-5-2-4-13-6-7-14(18-16(13)15)12-17-8-3-10-21-11-9-19/h2,4-7,17,19H,3,8-12H2,1H3. The lowest BCUT2D eigenvalue weighted by Gasteiger charge is -2.08. The number of benzene rings is 1. The van der Waals surface area contributed by atoms with E-state index in [0.29, 0.717) is 19.8 Å². The van der Waals surface area contributed by atoms with Gasteiger partial charge >= 0.3 is 0 Å². The molecule has 0 atom stereocenters. The van der Waals surface area contributed by atoms with Crippen molar-refractivity contribution in [2.45, 2.75) is 13.0 Å². The molecule has 0 bridgehead atoms. The summed E-state index contributed by atoms with van der Waals surface area (Å²) < 4.78 is 10.5. The van der Waals surface area contributed by atoms with E-state index in [1.165, 1.54) is 0 Å². The van der Waals surface area contributed by atoms with Gasteiger partial charge in [-0.2, -0.15) is 0 Å². The van der Waals surface area contributed by atoms with Crippen LogP contribution in [0.2, 0.25) is 0 Å². The van der Waals surface area contributed by atoms with E-state index in [-0.39, 0.29) is 6.61 Å². The molecule has 0 unspecified atom stereocenters. The molecule has 2 rings (SSSR count). The zero-order chi connectivity index (χ0) is 14.9. The number of fused-ring (bicyclic) bond motifs is 1. The van der Waals surface area contributed by atoms with Crippen LogP contribution in [0.4, 0.5) is 0 Å². The molecule has 21 heavy (non-hydrogen) atoms. The highest BCUT2D eigenvalue weighted by molar-refractivity contribution is 5.84. The Morgan fingerprint density at radius 1 is 1.19 bits per heavy atom. The Morgan fingerprint density at radius 2 is 2.10 bits per heavy atom. The summed E-state index contributed by atoms with van der Waals surface area (Å²) in [4.78, 5) is 4.64. The summed E-state index contributed by atoms with van der Waals surface area (Å²) >= 11 is 0. The van der Waals surface area contributed by atoms with E-state index >= 15 is 0 Å². The van der Waals surface area contributed by atoms with Crippen LogP contribution in [-0.2, 0) is 11.3 Å². The predicted molar refractivity (Wildman–Crippen MR) is 82.5 cm³/mol. The molecule has 1 aromatic carbocycles. The van der Waals surface area contributed by atoms with Crippen molar-refractivity contribution in [3.63, 3.8) is 0 Å². The number of para-hydroxylation sites is 1. The molecule has 2 aromatic rings. The highest BCUT2D eigenvalue weighted by atomic mass is 16.5. The van der Waals surface area contributed by atoms with Crippen LogP contribution < -0.4 is 10.1 Å². The van der Waals surface area contributed by atoms with Crippen molar-refractivity contribution in [1.29, 1.82) is 0 Å². The Bertz CT molecular complexity index is 560. The molecule has 1 aromatic heterocycles. The number of nitrogens with one attached hydrogen (secondary N) is 1. The summed E-state index contributed by atoms with van der Waals surface area (Å²) in [7, 11) is 1.66. The first-order chi connectivity index (χ1) is 10.3. The zero-order valence-corrected chi connectivity index (χ0v) is 12.3. The molecule has 0 aliphatic rings. The SMILES string of the molecule is COc1cccc2ccc(CNCCCOCCO)nc12. The van der Waals surface area contributed by atoms with E-state index in [1.807, 2.05) is 24.3 Å². The summed E-state index contributed by atoms with van der Waals surface area (Å²) in [6, 6.07) is 10.0. The lowest BCUT2D eigenvalue weighted by molar-refractivity contribution is 0.0907. The molecule has 0 saturated heterocycles. The van der Waals surface area contributed by atoms with Gasteiger partial charge in [-0.3, -0.25) is 0 Å². The number of nitrogens with zero attached hydrogens (tertiary/aromatic N) is 1. The molecule has 0 spiro atoms. The van der Waals surface area contributed by atoms with E-state index in [9.17, 15) is 0 Å². The van der Waals surface area contributed by atoms with Crippen molar-refractivity contribution in [2.75, 3.05) is 33.5 Å². The lowest BCUT2D eigenvalue weighted by Crippen LogP contribution is -2.17. The summed E-state index contributed by atoms with van der Waals surface area (Å²) in [5, 5.41) is 13.0. The van der Waals surface area contributed by atoms with Gasteiger partial charge in [-0.1, -0.05) is 18.2 Å². The molecule has 0 amide bonds. The van der Waals surface area contributed by atoms with Gasteiger partial charge in [0.2, 0.25) is 0 Å². The normalized spacial score (nSPS) is 11.0. The maximum atomic E-state index is 8.59. The van der Waals surface area contributed by atoms with E-state index in [0.717, 1.165) is 35.3 Å². The Kier molecular flexibility index (Phi) is 6.40. The van der Waals surface area contributed by atoms with E-state index in [4.69, 9.17) is 14.6 Å². The molecule has 0 fully saturated rings. The van der Waals surface area contributed by atoms with Gasteiger partial charge in [-0.25, -0.2) is 4.98 Å². The van der Waals surface area contributed by atoms with E-state index < -0.39 is 0 Å². The van der Waals surface area contributed by atoms with Crippen molar-refractivity contribution in [2.24, 2.45) is 0 Å². The number of pyridine rings is 1. The molecule has 0 aliphatic carbocycles. The van der Waals surface area contributed by atoms with Gasteiger partial charge in [-0.15, -0.1) is 0 Å². The zero-order valence-electron chi connectivity index (χ0n) is 12.3. The van der Waals surface area contributed by atoms with E-state index in [1.54, 1.807) is 7.11 Å². The Balaban J connectivity index is 1.85. The number of aliphatic hydroxyl groups is 1. The number of methoxy groups -OCH3 is 1. The van der Waals surface area contributed by atoms with Crippen LogP contribution in [0, 0.1) is 0 Å². The second-order valence-electron chi connectivity index (χ2n) is 4.70. The van der Waals surface area contributed by atoms with Crippen molar-refractivity contribution < 1.29 is 14.6 Å². The van der Waals surface area contributed by atoms with Crippen molar-refractivity contribution in [3.05, 3.63) is 36.0 Å². The smallest absolute Gasteiger partial charge is 0.145 e. The Morgan fingerprint density at radius 3 is 2.90 bits per heavy atom. The molecule has 114 valence electrons. The van der Waals surface area contributed by atoms with Gasteiger partial charge in [-0.05, 0) is 25.1 Å². The van der Waals surface area contributed by atoms with Crippen LogP contribution >= 0.6 is 0 Å². The quantitative estimate of drug-likeness (QED) is 0.689. The number of hydrogen-bond donors (Lipinski definition) is 2. The monoisotopic (exact) mass is 290 g/mol. The molecule has 5 heteroatoms. The third-order valence-corrected chi connectivity index (χ3v) is 3.14. The minimum Gasteiger partial charge on any atom is -0.494 e. The number of rotatable bonds is 9. The topological polar surface area (TPSA) is 63.6 Å². The molecule has 0 saturated carbocycles. The van der Waals surface area contributed by atoms with Gasteiger partial charge in [0.25, 0.3) is 0 Å². The molecule has 0 aliphatic heterocycles. The third kappa shape index (κ3) is 4.67. The molecule has 1 heterocycles. The van der Waals surface area contributed by atoms with Crippen LogP contribution in [0.5, 0.6) is 5.75 Å². The largest absolute Gasteiger partial charge is 0.494 e. The number of ether oxygens (including phenoxy) is 2. The average Bonchev–Trinajstić information content (AvgIpc) is 2.53. The number of aromatic nitrogens is 1. The summed E-state index contributed by atoms with van der Waals surface area (Å²) in [6.45, 7) is 2.72. The summed E-state index contributed by atoms with van der Waals surface area (Å²) in [5.74, 6) is 0.798.